The first-order valence-electron chi connectivity index (χ1n) is 8.61. The monoisotopic (exact) mass is 355 g/mol. The number of hydrogen-bond acceptors (Lipinski definition) is 5. The van der Waals surface area contributed by atoms with Crippen LogP contribution in [0.4, 0.5) is 0 Å². The number of hydrazone groups is 1. The number of para-hydroxylation sites is 2. The van der Waals surface area contributed by atoms with E-state index in [1.165, 1.54) is 0 Å². The zero-order valence-electron chi connectivity index (χ0n) is 14.7. The quantitative estimate of drug-likeness (QED) is 0.573. The van der Waals surface area contributed by atoms with Crippen molar-refractivity contribution in [1.29, 1.82) is 0 Å². The summed E-state index contributed by atoms with van der Waals surface area (Å²) in [7, 11) is 0. The molecule has 6 heteroatoms. The molecule has 4 aromatic rings. The van der Waals surface area contributed by atoms with Crippen LogP contribution in [0.3, 0.4) is 0 Å². The van der Waals surface area contributed by atoms with E-state index in [0.717, 1.165) is 39.2 Å². The fraction of sp³-hybridized carbons (Fsp3) is 0.0476. The second kappa shape index (κ2) is 5.60. The molecule has 2 aromatic carbocycles. The molecular formula is C21H17N5O. The lowest BCUT2D eigenvalue weighted by molar-refractivity contribution is 0.621. The summed E-state index contributed by atoms with van der Waals surface area (Å²) in [5.41, 5.74) is 14.6. The van der Waals surface area contributed by atoms with Gasteiger partial charge in [0.25, 0.3) is 0 Å². The fourth-order valence-electron chi connectivity index (χ4n) is 3.47. The van der Waals surface area contributed by atoms with Gasteiger partial charge in [0.05, 0.1) is 16.9 Å². The van der Waals surface area contributed by atoms with Crippen molar-refractivity contribution in [3.63, 3.8) is 0 Å². The minimum Gasteiger partial charge on any atom is -0.454 e. The van der Waals surface area contributed by atoms with Gasteiger partial charge in [-0.05, 0) is 25.1 Å². The van der Waals surface area contributed by atoms with Crippen molar-refractivity contribution in [3.8, 4) is 17.1 Å². The Morgan fingerprint density at radius 2 is 1.81 bits per heavy atom. The first-order chi connectivity index (χ1) is 13.1. The second-order valence-electron chi connectivity index (χ2n) is 6.46. The van der Waals surface area contributed by atoms with Gasteiger partial charge in [-0.3, -0.25) is 5.43 Å². The van der Waals surface area contributed by atoms with Crippen LogP contribution in [0.2, 0.25) is 0 Å². The van der Waals surface area contributed by atoms with E-state index >= 15 is 0 Å². The first-order valence-corrected chi connectivity index (χ1v) is 8.61. The average Bonchev–Trinajstić information content (AvgIpc) is 3.25. The summed E-state index contributed by atoms with van der Waals surface area (Å²) in [6, 6.07) is 17.8. The molecule has 0 fully saturated rings. The lowest BCUT2D eigenvalue weighted by Crippen LogP contribution is -2.25. The fourth-order valence-corrected chi connectivity index (χ4v) is 3.47. The molecule has 0 unspecified atom stereocenters. The predicted molar refractivity (Wildman–Crippen MR) is 106 cm³/mol. The van der Waals surface area contributed by atoms with Gasteiger partial charge in [-0.15, -0.1) is 0 Å². The zero-order valence-corrected chi connectivity index (χ0v) is 14.7. The molecule has 0 radical (unpaired) electrons. The molecule has 2 aromatic heterocycles. The van der Waals surface area contributed by atoms with E-state index in [0.29, 0.717) is 17.2 Å². The number of nitrogens with zero attached hydrogens (tertiary/aromatic N) is 3. The molecule has 132 valence electrons. The molecule has 27 heavy (non-hydrogen) atoms. The van der Waals surface area contributed by atoms with Crippen molar-refractivity contribution in [2.45, 2.75) is 6.92 Å². The Hall–Kier alpha value is -3.80. The summed E-state index contributed by atoms with van der Waals surface area (Å²) in [5.74, 6) is 1.08. The summed E-state index contributed by atoms with van der Waals surface area (Å²) in [4.78, 5) is 0. The van der Waals surface area contributed by atoms with Crippen molar-refractivity contribution < 1.29 is 4.42 Å². The van der Waals surface area contributed by atoms with Gasteiger partial charge in [0.2, 0.25) is 0 Å². The molecule has 0 saturated carbocycles. The molecule has 3 heterocycles. The largest absolute Gasteiger partial charge is 0.454 e. The molecule has 0 amide bonds. The SMILES string of the molecule is C=C1NN=C(N)c2c1nn(-c1ccccc1)c2-c1oc2ccccc2c1C. The van der Waals surface area contributed by atoms with E-state index in [1.807, 2.05) is 66.2 Å². The summed E-state index contributed by atoms with van der Waals surface area (Å²) in [6.07, 6.45) is 0. The first kappa shape index (κ1) is 15.5. The zero-order chi connectivity index (χ0) is 18.5. The molecule has 0 aliphatic carbocycles. The summed E-state index contributed by atoms with van der Waals surface area (Å²) in [6.45, 7) is 6.06. The van der Waals surface area contributed by atoms with Crippen LogP contribution in [0.5, 0.6) is 0 Å². The van der Waals surface area contributed by atoms with Crippen LogP contribution >= 0.6 is 0 Å². The molecule has 0 spiro atoms. The smallest absolute Gasteiger partial charge is 0.157 e. The van der Waals surface area contributed by atoms with Gasteiger partial charge >= 0.3 is 0 Å². The molecule has 5 rings (SSSR count). The van der Waals surface area contributed by atoms with Crippen molar-refractivity contribution >= 4 is 22.5 Å². The van der Waals surface area contributed by atoms with Gasteiger partial charge < -0.3 is 10.2 Å². The number of aromatic nitrogens is 2. The Balaban J connectivity index is 1.89. The maximum atomic E-state index is 6.23. The summed E-state index contributed by atoms with van der Waals surface area (Å²) >= 11 is 0. The van der Waals surface area contributed by atoms with Crippen molar-refractivity contribution in [1.82, 2.24) is 15.2 Å². The summed E-state index contributed by atoms with van der Waals surface area (Å²) < 4.78 is 8.08. The average molecular weight is 355 g/mol. The number of fused-ring (bicyclic) bond motifs is 2. The number of nitrogens with one attached hydrogen (secondary N) is 1. The van der Waals surface area contributed by atoms with E-state index in [9.17, 15) is 0 Å². The van der Waals surface area contributed by atoms with Gasteiger partial charge in [-0.2, -0.15) is 10.2 Å². The van der Waals surface area contributed by atoms with E-state index in [4.69, 9.17) is 15.2 Å². The molecule has 1 aliphatic rings. The Kier molecular flexibility index (Phi) is 3.21. The second-order valence-corrected chi connectivity index (χ2v) is 6.46. The van der Waals surface area contributed by atoms with Gasteiger partial charge in [0.15, 0.2) is 11.6 Å². The Bertz CT molecular complexity index is 1230. The van der Waals surface area contributed by atoms with Gasteiger partial charge in [-0.25, -0.2) is 4.68 Å². The summed E-state index contributed by atoms with van der Waals surface area (Å²) in [5, 5.41) is 10.0. The number of nitrogens with two attached hydrogens (primary N) is 1. The molecule has 1 aliphatic heterocycles. The molecule has 0 bridgehead atoms. The Morgan fingerprint density at radius 1 is 1.07 bits per heavy atom. The minimum absolute atomic E-state index is 0.356. The van der Waals surface area contributed by atoms with Crippen LogP contribution < -0.4 is 11.2 Å². The Morgan fingerprint density at radius 3 is 2.59 bits per heavy atom. The topological polar surface area (TPSA) is 81.4 Å². The van der Waals surface area contributed by atoms with Crippen molar-refractivity contribution in [2.75, 3.05) is 0 Å². The maximum Gasteiger partial charge on any atom is 0.157 e. The number of furan rings is 1. The minimum atomic E-state index is 0.356. The highest BCUT2D eigenvalue weighted by atomic mass is 16.3. The molecule has 0 atom stereocenters. The highest BCUT2D eigenvalue weighted by Gasteiger charge is 2.30. The van der Waals surface area contributed by atoms with E-state index in [-0.39, 0.29) is 0 Å². The van der Waals surface area contributed by atoms with Gasteiger partial charge in [0.1, 0.15) is 17.0 Å². The van der Waals surface area contributed by atoms with Crippen molar-refractivity contribution in [2.24, 2.45) is 10.8 Å². The van der Waals surface area contributed by atoms with E-state index in [1.54, 1.807) is 0 Å². The third-order valence-electron chi connectivity index (χ3n) is 4.80. The Labute approximate surface area is 155 Å². The van der Waals surface area contributed by atoms with Crippen LogP contribution in [0, 0.1) is 6.92 Å². The number of rotatable bonds is 2. The van der Waals surface area contributed by atoms with Crippen LogP contribution in [0.15, 0.2) is 70.7 Å². The van der Waals surface area contributed by atoms with Crippen LogP contribution in [0.25, 0.3) is 33.8 Å². The third-order valence-corrected chi connectivity index (χ3v) is 4.80. The third kappa shape index (κ3) is 2.20. The molecule has 6 nitrogen and oxygen atoms in total. The highest BCUT2D eigenvalue weighted by molar-refractivity contribution is 6.08. The lowest BCUT2D eigenvalue weighted by atomic mass is 10.0. The van der Waals surface area contributed by atoms with Crippen LogP contribution in [-0.2, 0) is 0 Å². The van der Waals surface area contributed by atoms with E-state index < -0.39 is 0 Å². The van der Waals surface area contributed by atoms with E-state index in [2.05, 4.69) is 17.1 Å². The molecule has 3 N–H and O–H groups in total. The number of hydrogen-bond donors (Lipinski definition) is 2. The number of aryl methyl sites for hydroxylation is 1. The normalized spacial score (nSPS) is 13.4. The molecule has 0 saturated heterocycles. The standard InChI is InChI=1S/C21H17N5O/c1-12-15-10-6-7-11-16(15)27-20(12)19-17-18(13(2)23-24-21(17)22)25-26(19)14-8-4-3-5-9-14/h3-11,23H,2H2,1H3,(H2,22,24). The van der Waals surface area contributed by atoms with Gasteiger partial charge in [-0.1, -0.05) is 43.0 Å². The predicted octanol–water partition coefficient (Wildman–Crippen LogP) is 3.79. The lowest BCUT2D eigenvalue weighted by Gasteiger charge is -2.12. The van der Waals surface area contributed by atoms with Gasteiger partial charge in [0, 0.05) is 10.9 Å². The van der Waals surface area contributed by atoms with Crippen LogP contribution in [0.1, 0.15) is 16.8 Å². The van der Waals surface area contributed by atoms with Crippen LogP contribution in [-0.4, -0.2) is 15.6 Å². The number of benzene rings is 2. The molecular weight excluding hydrogens is 338 g/mol. The maximum absolute atomic E-state index is 6.23. The number of amidine groups is 1. The van der Waals surface area contributed by atoms with Crippen molar-refractivity contribution in [3.05, 3.63) is 78.0 Å². The highest BCUT2D eigenvalue weighted by Crippen LogP contribution is 2.38.